The Balaban J connectivity index is 1.69. The van der Waals surface area contributed by atoms with E-state index in [1.54, 1.807) is 0 Å². The molecule has 112 valence electrons. The number of ether oxygens (including phenoxy) is 1. The average Bonchev–Trinajstić information content (AvgIpc) is 2.96. The summed E-state index contributed by atoms with van der Waals surface area (Å²) in [6.07, 6.45) is 1.90. The molecular formula is C17H27NO2. The van der Waals surface area contributed by atoms with Gasteiger partial charge in [-0.15, -0.1) is 0 Å². The lowest BCUT2D eigenvalue weighted by Gasteiger charge is -2.14. The van der Waals surface area contributed by atoms with Crippen LogP contribution >= 0.6 is 0 Å². The molecule has 0 aromatic heterocycles. The standard InChI is InChI=1S/C17H27NO2/c1-13(2)15-3-5-16(6-4-15)17(19)11-18-9-7-14-8-10-20-12-14/h3-6,13-14,17-19H,7-12H2,1-2H3. The van der Waals surface area contributed by atoms with E-state index >= 15 is 0 Å². The number of aliphatic hydroxyl groups is 1. The molecule has 2 rings (SSSR count). The molecule has 1 saturated heterocycles. The lowest BCUT2D eigenvalue weighted by molar-refractivity contribution is 0.171. The summed E-state index contributed by atoms with van der Waals surface area (Å²) in [7, 11) is 0. The Morgan fingerprint density at radius 2 is 1.95 bits per heavy atom. The smallest absolute Gasteiger partial charge is 0.0914 e. The maximum Gasteiger partial charge on any atom is 0.0914 e. The van der Waals surface area contributed by atoms with Gasteiger partial charge in [0, 0.05) is 19.8 Å². The van der Waals surface area contributed by atoms with E-state index in [1.165, 1.54) is 12.0 Å². The van der Waals surface area contributed by atoms with Crippen molar-refractivity contribution in [3.05, 3.63) is 35.4 Å². The van der Waals surface area contributed by atoms with Crippen molar-refractivity contribution in [2.45, 2.75) is 38.7 Å². The van der Waals surface area contributed by atoms with Crippen LogP contribution in [-0.4, -0.2) is 31.4 Å². The van der Waals surface area contributed by atoms with Gasteiger partial charge in [0.05, 0.1) is 6.10 Å². The van der Waals surface area contributed by atoms with Crippen molar-refractivity contribution in [3.8, 4) is 0 Å². The molecule has 2 N–H and O–H groups in total. The molecule has 0 saturated carbocycles. The topological polar surface area (TPSA) is 41.5 Å². The first-order chi connectivity index (χ1) is 9.66. The highest BCUT2D eigenvalue weighted by Gasteiger charge is 2.15. The lowest BCUT2D eigenvalue weighted by atomic mass is 10.00. The van der Waals surface area contributed by atoms with Crippen LogP contribution in [0.3, 0.4) is 0 Å². The van der Waals surface area contributed by atoms with Crippen molar-refractivity contribution in [1.82, 2.24) is 5.32 Å². The number of aliphatic hydroxyl groups excluding tert-OH is 1. The molecule has 1 aliphatic rings. The van der Waals surface area contributed by atoms with Gasteiger partial charge in [-0.05, 0) is 42.3 Å². The Kier molecular flexibility index (Phi) is 6.02. The van der Waals surface area contributed by atoms with E-state index in [-0.39, 0.29) is 0 Å². The first-order valence-corrected chi connectivity index (χ1v) is 7.73. The van der Waals surface area contributed by atoms with E-state index in [1.807, 2.05) is 12.1 Å². The molecule has 0 bridgehead atoms. The number of hydrogen-bond donors (Lipinski definition) is 2. The van der Waals surface area contributed by atoms with Gasteiger partial charge in [-0.1, -0.05) is 38.1 Å². The Bertz CT molecular complexity index is 382. The molecule has 3 heteroatoms. The number of rotatable bonds is 7. The minimum atomic E-state index is -0.420. The van der Waals surface area contributed by atoms with Crippen LogP contribution in [0.5, 0.6) is 0 Å². The van der Waals surface area contributed by atoms with Crippen LogP contribution < -0.4 is 5.32 Å². The fourth-order valence-corrected chi connectivity index (χ4v) is 2.58. The van der Waals surface area contributed by atoms with Crippen molar-refractivity contribution in [2.24, 2.45) is 5.92 Å². The van der Waals surface area contributed by atoms with Crippen LogP contribution in [0.2, 0.25) is 0 Å². The van der Waals surface area contributed by atoms with E-state index in [9.17, 15) is 5.11 Å². The van der Waals surface area contributed by atoms with Gasteiger partial charge in [0.1, 0.15) is 0 Å². The fraction of sp³-hybridized carbons (Fsp3) is 0.647. The molecule has 1 aromatic rings. The molecule has 1 aromatic carbocycles. The van der Waals surface area contributed by atoms with E-state index in [0.29, 0.717) is 18.4 Å². The summed E-state index contributed by atoms with van der Waals surface area (Å²) in [5.74, 6) is 1.23. The van der Waals surface area contributed by atoms with Crippen molar-refractivity contribution in [1.29, 1.82) is 0 Å². The molecule has 1 fully saturated rings. The predicted molar refractivity (Wildman–Crippen MR) is 81.9 cm³/mol. The Morgan fingerprint density at radius 3 is 2.55 bits per heavy atom. The molecule has 20 heavy (non-hydrogen) atoms. The van der Waals surface area contributed by atoms with E-state index in [2.05, 4.69) is 31.3 Å². The monoisotopic (exact) mass is 277 g/mol. The van der Waals surface area contributed by atoms with Gasteiger partial charge in [-0.3, -0.25) is 0 Å². The van der Waals surface area contributed by atoms with Gasteiger partial charge >= 0.3 is 0 Å². The van der Waals surface area contributed by atoms with Crippen molar-refractivity contribution >= 4 is 0 Å². The summed E-state index contributed by atoms with van der Waals surface area (Å²) in [5.41, 5.74) is 2.31. The summed E-state index contributed by atoms with van der Waals surface area (Å²) in [4.78, 5) is 0. The SMILES string of the molecule is CC(C)c1ccc(C(O)CNCCC2CCOC2)cc1. The molecule has 0 spiro atoms. The lowest BCUT2D eigenvalue weighted by Crippen LogP contribution is -2.24. The van der Waals surface area contributed by atoms with Gasteiger partial charge in [-0.2, -0.15) is 0 Å². The van der Waals surface area contributed by atoms with Gasteiger partial charge in [0.2, 0.25) is 0 Å². The average molecular weight is 277 g/mol. The molecule has 0 aliphatic carbocycles. The third kappa shape index (κ3) is 4.58. The van der Waals surface area contributed by atoms with Crippen molar-refractivity contribution in [2.75, 3.05) is 26.3 Å². The van der Waals surface area contributed by atoms with Crippen LogP contribution in [0.4, 0.5) is 0 Å². The van der Waals surface area contributed by atoms with Crippen LogP contribution in [0.15, 0.2) is 24.3 Å². The second-order valence-electron chi connectivity index (χ2n) is 6.06. The van der Waals surface area contributed by atoms with Crippen LogP contribution in [-0.2, 0) is 4.74 Å². The predicted octanol–water partition coefficient (Wildman–Crippen LogP) is 2.86. The van der Waals surface area contributed by atoms with Crippen LogP contribution in [0.25, 0.3) is 0 Å². The highest BCUT2D eigenvalue weighted by molar-refractivity contribution is 5.26. The molecule has 0 amide bonds. The first kappa shape index (κ1) is 15.5. The molecule has 0 radical (unpaired) electrons. The summed E-state index contributed by atoms with van der Waals surface area (Å²) in [5, 5.41) is 13.5. The van der Waals surface area contributed by atoms with Gasteiger partial charge in [0.25, 0.3) is 0 Å². The summed E-state index contributed by atoms with van der Waals surface area (Å²) in [6, 6.07) is 8.29. The van der Waals surface area contributed by atoms with E-state index < -0.39 is 6.10 Å². The highest BCUT2D eigenvalue weighted by Crippen LogP contribution is 2.19. The molecule has 1 aliphatic heterocycles. The first-order valence-electron chi connectivity index (χ1n) is 7.73. The minimum Gasteiger partial charge on any atom is -0.387 e. The quantitative estimate of drug-likeness (QED) is 0.753. The van der Waals surface area contributed by atoms with Crippen molar-refractivity contribution in [3.63, 3.8) is 0 Å². The Labute approximate surface area is 122 Å². The fourth-order valence-electron chi connectivity index (χ4n) is 2.58. The normalized spacial score (nSPS) is 20.5. The molecule has 1 heterocycles. The molecule has 3 nitrogen and oxygen atoms in total. The van der Waals surface area contributed by atoms with Gasteiger partial charge in [-0.25, -0.2) is 0 Å². The van der Waals surface area contributed by atoms with Crippen molar-refractivity contribution < 1.29 is 9.84 Å². The van der Waals surface area contributed by atoms with Crippen LogP contribution in [0.1, 0.15) is 49.8 Å². The maximum atomic E-state index is 10.2. The minimum absolute atomic E-state index is 0.420. The maximum absolute atomic E-state index is 10.2. The number of benzene rings is 1. The molecular weight excluding hydrogens is 250 g/mol. The zero-order valence-corrected chi connectivity index (χ0v) is 12.6. The van der Waals surface area contributed by atoms with Gasteiger partial charge in [0.15, 0.2) is 0 Å². The largest absolute Gasteiger partial charge is 0.387 e. The number of nitrogens with one attached hydrogen (secondary N) is 1. The molecule has 2 unspecified atom stereocenters. The zero-order chi connectivity index (χ0) is 14.4. The number of hydrogen-bond acceptors (Lipinski definition) is 3. The Morgan fingerprint density at radius 1 is 1.25 bits per heavy atom. The second-order valence-corrected chi connectivity index (χ2v) is 6.06. The second kappa shape index (κ2) is 7.77. The Hall–Kier alpha value is -0.900. The summed E-state index contributed by atoms with van der Waals surface area (Å²) < 4.78 is 5.36. The zero-order valence-electron chi connectivity index (χ0n) is 12.6. The summed E-state index contributed by atoms with van der Waals surface area (Å²) >= 11 is 0. The summed E-state index contributed by atoms with van der Waals surface area (Å²) in [6.45, 7) is 7.75. The molecule has 2 atom stereocenters. The third-order valence-electron chi connectivity index (χ3n) is 4.08. The highest BCUT2D eigenvalue weighted by atomic mass is 16.5. The van der Waals surface area contributed by atoms with Gasteiger partial charge < -0.3 is 15.2 Å². The van der Waals surface area contributed by atoms with Crippen LogP contribution in [0, 0.1) is 5.92 Å². The van der Waals surface area contributed by atoms with E-state index in [4.69, 9.17) is 4.74 Å². The van der Waals surface area contributed by atoms with E-state index in [0.717, 1.165) is 31.7 Å². The third-order valence-corrected chi connectivity index (χ3v) is 4.08.